The van der Waals surface area contributed by atoms with E-state index in [0.717, 1.165) is 11.3 Å². The van der Waals surface area contributed by atoms with E-state index in [-0.39, 0.29) is 18.6 Å². The van der Waals surface area contributed by atoms with Crippen LogP contribution in [0.4, 0.5) is 0 Å². The number of piperidine rings is 1. The highest BCUT2D eigenvalue weighted by Crippen LogP contribution is 2.18. The van der Waals surface area contributed by atoms with Crippen molar-refractivity contribution >= 4 is 11.6 Å². The smallest absolute Gasteiger partial charge is 0.242 e. The number of nitriles is 1. The van der Waals surface area contributed by atoms with Gasteiger partial charge in [-0.1, -0.05) is 30.3 Å². The second-order valence-electron chi connectivity index (χ2n) is 5.49. The third-order valence-corrected chi connectivity index (χ3v) is 3.87. The maximum absolute atomic E-state index is 12.3. The SMILES string of the molecule is CN(CC(=O)N1CCC(O)CC1)/C(=C/C#N)c1ccccc1. The zero-order valence-corrected chi connectivity index (χ0v) is 12.8. The van der Waals surface area contributed by atoms with Crippen molar-refractivity contribution in [2.24, 2.45) is 0 Å². The highest BCUT2D eigenvalue weighted by Gasteiger charge is 2.22. The molecule has 0 bridgehead atoms. The lowest BCUT2D eigenvalue weighted by molar-refractivity contribution is -0.133. The van der Waals surface area contributed by atoms with E-state index >= 15 is 0 Å². The molecule has 1 aromatic rings. The number of likely N-dealkylation sites (N-methyl/N-ethyl adjacent to an activating group) is 1. The lowest BCUT2D eigenvalue weighted by atomic mass is 10.1. The van der Waals surface area contributed by atoms with Crippen LogP contribution in [0.5, 0.6) is 0 Å². The first-order chi connectivity index (χ1) is 10.6. The van der Waals surface area contributed by atoms with Gasteiger partial charge in [-0.05, 0) is 18.4 Å². The quantitative estimate of drug-likeness (QED) is 0.855. The summed E-state index contributed by atoms with van der Waals surface area (Å²) < 4.78 is 0. The number of carbonyl (C=O) groups excluding carboxylic acids is 1. The van der Waals surface area contributed by atoms with Crippen LogP contribution in [0.15, 0.2) is 36.4 Å². The lowest BCUT2D eigenvalue weighted by Gasteiger charge is -2.32. The van der Waals surface area contributed by atoms with Crippen LogP contribution in [0.3, 0.4) is 0 Å². The zero-order chi connectivity index (χ0) is 15.9. The van der Waals surface area contributed by atoms with E-state index in [2.05, 4.69) is 0 Å². The van der Waals surface area contributed by atoms with Gasteiger partial charge in [-0.2, -0.15) is 5.26 Å². The van der Waals surface area contributed by atoms with Gasteiger partial charge in [0.1, 0.15) is 0 Å². The van der Waals surface area contributed by atoms with Gasteiger partial charge >= 0.3 is 0 Å². The van der Waals surface area contributed by atoms with E-state index in [1.165, 1.54) is 6.08 Å². The van der Waals surface area contributed by atoms with Crippen LogP contribution in [0.25, 0.3) is 5.70 Å². The van der Waals surface area contributed by atoms with Crippen molar-refractivity contribution in [3.05, 3.63) is 42.0 Å². The monoisotopic (exact) mass is 299 g/mol. The number of nitrogens with zero attached hydrogens (tertiary/aromatic N) is 3. The normalized spacial score (nSPS) is 16.2. The molecule has 22 heavy (non-hydrogen) atoms. The van der Waals surface area contributed by atoms with Crippen LogP contribution >= 0.6 is 0 Å². The van der Waals surface area contributed by atoms with E-state index < -0.39 is 0 Å². The molecule has 116 valence electrons. The lowest BCUT2D eigenvalue weighted by Crippen LogP contribution is -2.44. The number of rotatable bonds is 4. The summed E-state index contributed by atoms with van der Waals surface area (Å²) in [6.07, 6.45) is 2.44. The van der Waals surface area contributed by atoms with Crippen molar-refractivity contribution in [3.63, 3.8) is 0 Å². The Labute approximate surface area is 131 Å². The van der Waals surface area contributed by atoms with Crippen LogP contribution in [0, 0.1) is 11.3 Å². The second kappa shape index (κ2) is 7.62. The fourth-order valence-corrected chi connectivity index (χ4v) is 2.59. The number of hydrogen-bond donors (Lipinski definition) is 1. The molecule has 0 aliphatic carbocycles. The van der Waals surface area contributed by atoms with Crippen molar-refractivity contribution < 1.29 is 9.90 Å². The Balaban J connectivity index is 2.03. The molecule has 0 spiro atoms. The molecule has 1 N–H and O–H groups in total. The largest absolute Gasteiger partial charge is 0.393 e. The van der Waals surface area contributed by atoms with Crippen molar-refractivity contribution in [2.45, 2.75) is 18.9 Å². The Kier molecular flexibility index (Phi) is 5.56. The molecule has 1 aromatic carbocycles. The van der Waals surface area contributed by atoms with E-state index in [1.807, 2.05) is 43.4 Å². The van der Waals surface area contributed by atoms with Gasteiger partial charge in [-0.15, -0.1) is 0 Å². The minimum atomic E-state index is -0.292. The Hall–Kier alpha value is -2.32. The summed E-state index contributed by atoms with van der Waals surface area (Å²) in [6, 6.07) is 11.6. The summed E-state index contributed by atoms with van der Waals surface area (Å²) >= 11 is 0. The Morgan fingerprint density at radius 3 is 2.64 bits per heavy atom. The molecule has 0 unspecified atom stereocenters. The molecule has 5 nitrogen and oxygen atoms in total. The average Bonchev–Trinajstić information content (AvgIpc) is 2.53. The summed E-state index contributed by atoms with van der Waals surface area (Å²) in [7, 11) is 1.81. The van der Waals surface area contributed by atoms with Crippen LogP contribution in [0.2, 0.25) is 0 Å². The Morgan fingerprint density at radius 1 is 1.41 bits per heavy atom. The van der Waals surface area contributed by atoms with Crippen LogP contribution in [-0.2, 0) is 4.79 Å². The third-order valence-electron chi connectivity index (χ3n) is 3.87. The predicted molar refractivity (Wildman–Crippen MR) is 84.5 cm³/mol. The van der Waals surface area contributed by atoms with Gasteiger partial charge in [0.15, 0.2) is 0 Å². The summed E-state index contributed by atoms with van der Waals surface area (Å²) in [6.45, 7) is 1.41. The fraction of sp³-hybridized carbons (Fsp3) is 0.412. The standard InChI is InChI=1S/C17H21N3O2/c1-19(13-17(22)20-11-8-15(21)9-12-20)16(7-10-18)14-5-3-2-4-6-14/h2-7,15,21H,8-9,11-13H2,1H3/b16-7+. The third kappa shape index (κ3) is 4.09. The summed E-state index contributed by atoms with van der Waals surface area (Å²) in [5.41, 5.74) is 1.64. The van der Waals surface area contributed by atoms with Gasteiger partial charge in [0, 0.05) is 26.2 Å². The maximum Gasteiger partial charge on any atom is 0.242 e. The predicted octanol–water partition coefficient (Wildman–Crippen LogP) is 1.47. The van der Waals surface area contributed by atoms with Crippen molar-refractivity contribution in [1.82, 2.24) is 9.80 Å². The fourth-order valence-electron chi connectivity index (χ4n) is 2.59. The topological polar surface area (TPSA) is 67.6 Å². The molecule has 0 radical (unpaired) electrons. The van der Waals surface area contributed by atoms with E-state index in [0.29, 0.717) is 25.9 Å². The molecule has 5 heteroatoms. The first-order valence-electron chi connectivity index (χ1n) is 7.44. The van der Waals surface area contributed by atoms with Gasteiger partial charge < -0.3 is 14.9 Å². The molecule has 1 fully saturated rings. The molecule has 0 saturated carbocycles. The molecule has 1 amide bonds. The van der Waals surface area contributed by atoms with Crippen LogP contribution in [-0.4, -0.2) is 53.6 Å². The summed E-state index contributed by atoms with van der Waals surface area (Å²) in [5.74, 6) is 0.0224. The molecule has 1 aliphatic heterocycles. The average molecular weight is 299 g/mol. The van der Waals surface area contributed by atoms with Crippen molar-refractivity contribution in [1.29, 1.82) is 5.26 Å². The van der Waals surface area contributed by atoms with E-state index in [9.17, 15) is 9.90 Å². The molecular weight excluding hydrogens is 278 g/mol. The molecule has 1 heterocycles. The Bertz CT molecular complexity index is 569. The number of aliphatic hydroxyl groups excluding tert-OH is 1. The van der Waals surface area contributed by atoms with Crippen molar-refractivity contribution in [3.8, 4) is 6.07 Å². The number of allylic oxidation sites excluding steroid dienone is 1. The number of likely N-dealkylation sites (tertiary alicyclic amines) is 1. The minimum Gasteiger partial charge on any atom is -0.393 e. The van der Waals surface area contributed by atoms with Gasteiger partial charge in [0.25, 0.3) is 0 Å². The number of carbonyl (C=O) groups is 1. The van der Waals surface area contributed by atoms with Crippen LogP contribution < -0.4 is 0 Å². The minimum absolute atomic E-state index is 0.0224. The molecule has 0 aromatic heterocycles. The summed E-state index contributed by atoms with van der Waals surface area (Å²) in [4.78, 5) is 15.9. The highest BCUT2D eigenvalue weighted by atomic mass is 16.3. The van der Waals surface area contributed by atoms with Gasteiger partial charge in [-0.25, -0.2) is 0 Å². The molecule has 1 saturated heterocycles. The number of aliphatic hydroxyl groups is 1. The molecule has 2 rings (SSSR count). The number of hydrogen-bond acceptors (Lipinski definition) is 4. The van der Waals surface area contributed by atoms with E-state index in [1.54, 1.807) is 9.80 Å². The first-order valence-corrected chi connectivity index (χ1v) is 7.44. The van der Waals surface area contributed by atoms with Gasteiger partial charge in [0.05, 0.1) is 24.4 Å². The second-order valence-corrected chi connectivity index (χ2v) is 5.49. The van der Waals surface area contributed by atoms with Gasteiger partial charge in [-0.3, -0.25) is 4.79 Å². The zero-order valence-electron chi connectivity index (χ0n) is 12.8. The number of amides is 1. The summed E-state index contributed by atoms with van der Waals surface area (Å²) in [5, 5.41) is 18.5. The molecule has 1 aliphatic rings. The van der Waals surface area contributed by atoms with Gasteiger partial charge in [0.2, 0.25) is 5.91 Å². The molecule has 0 atom stereocenters. The maximum atomic E-state index is 12.3. The highest BCUT2D eigenvalue weighted by molar-refractivity contribution is 5.80. The van der Waals surface area contributed by atoms with E-state index in [4.69, 9.17) is 5.26 Å². The van der Waals surface area contributed by atoms with Crippen LogP contribution in [0.1, 0.15) is 18.4 Å². The molecular formula is C17H21N3O2. The number of benzene rings is 1. The van der Waals surface area contributed by atoms with Crippen molar-refractivity contribution in [2.75, 3.05) is 26.7 Å². The first kappa shape index (κ1) is 16.1. The Morgan fingerprint density at radius 2 is 2.05 bits per heavy atom.